The summed E-state index contributed by atoms with van der Waals surface area (Å²) in [6, 6.07) is 1.90. The van der Waals surface area contributed by atoms with Gasteiger partial charge in [0, 0.05) is 11.7 Å². The quantitative estimate of drug-likeness (QED) is 0.470. The Morgan fingerprint density at radius 3 is 2.89 bits per heavy atom. The maximum absolute atomic E-state index is 11.8. The number of nitrogens with two attached hydrogens (primary N) is 1. The molecule has 0 aromatic carbocycles. The van der Waals surface area contributed by atoms with Crippen LogP contribution in [0.4, 0.5) is 0 Å². The van der Waals surface area contributed by atoms with Crippen LogP contribution in [0.2, 0.25) is 0 Å². The van der Waals surface area contributed by atoms with Crippen LogP contribution in [-0.2, 0) is 6.42 Å². The van der Waals surface area contributed by atoms with E-state index in [1.54, 1.807) is 0 Å². The summed E-state index contributed by atoms with van der Waals surface area (Å²) in [6.45, 7) is 3.90. The molecule has 102 valence electrons. The molecule has 1 aromatic heterocycles. The summed E-state index contributed by atoms with van der Waals surface area (Å²) in [7, 11) is 0. The van der Waals surface area contributed by atoms with Gasteiger partial charge in [0.25, 0.3) is 5.56 Å². The Morgan fingerprint density at radius 2 is 2.37 bits per heavy atom. The highest BCUT2D eigenvalue weighted by Crippen LogP contribution is 2.17. The monoisotopic (exact) mass is 296 g/mol. The zero-order valence-electron chi connectivity index (χ0n) is 10.9. The van der Waals surface area contributed by atoms with E-state index in [-0.39, 0.29) is 17.0 Å². The minimum Gasteiger partial charge on any atom is -0.393 e. The lowest BCUT2D eigenvalue weighted by Gasteiger charge is -2.09. The second kappa shape index (κ2) is 7.26. The van der Waals surface area contributed by atoms with Gasteiger partial charge in [0.2, 0.25) is 0 Å². The molecule has 0 aliphatic carbocycles. The SMILES string of the molecule is CCCc1nc(SCC(C)C(N)=S)[nH]c(=O)c1C#N. The number of aromatic nitrogens is 2. The number of nitrogens with zero attached hydrogens (tertiary/aromatic N) is 2. The van der Waals surface area contributed by atoms with E-state index in [0.717, 1.165) is 6.42 Å². The van der Waals surface area contributed by atoms with Gasteiger partial charge in [-0.1, -0.05) is 44.2 Å². The van der Waals surface area contributed by atoms with Crippen molar-refractivity contribution in [2.75, 3.05) is 5.75 Å². The summed E-state index contributed by atoms with van der Waals surface area (Å²) in [4.78, 5) is 19.1. The molecular weight excluding hydrogens is 280 g/mol. The number of thiocarbonyl (C=S) groups is 1. The van der Waals surface area contributed by atoms with Crippen molar-refractivity contribution in [3.8, 4) is 6.07 Å². The average molecular weight is 296 g/mol. The molecule has 0 spiro atoms. The van der Waals surface area contributed by atoms with Crippen molar-refractivity contribution >= 4 is 29.0 Å². The molecule has 19 heavy (non-hydrogen) atoms. The molecule has 3 N–H and O–H groups in total. The van der Waals surface area contributed by atoms with Crippen LogP contribution in [0, 0.1) is 17.2 Å². The van der Waals surface area contributed by atoms with Crippen LogP contribution in [0.25, 0.3) is 0 Å². The first kappa shape index (κ1) is 15.7. The minimum absolute atomic E-state index is 0.0653. The molecule has 0 aliphatic rings. The Hall–Kier alpha value is -1.39. The van der Waals surface area contributed by atoms with E-state index < -0.39 is 0 Å². The molecule has 0 fully saturated rings. The standard InChI is InChI=1S/C12H16N4OS2/c1-3-4-9-8(5-13)11(17)16-12(15-9)19-6-7(2)10(14)18/h7H,3-4,6H2,1-2H3,(H2,14,18)(H,15,16,17). The Balaban J connectivity index is 2.95. The van der Waals surface area contributed by atoms with Gasteiger partial charge in [-0.05, 0) is 6.42 Å². The van der Waals surface area contributed by atoms with Gasteiger partial charge in [0.05, 0.1) is 10.7 Å². The molecular formula is C12H16N4OS2. The lowest BCUT2D eigenvalue weighted by Crippen LogP contribution is -2.21. The first-order valence-corrected chi connectivity index (χ1v) is 7.34. The van der Waals surface area contributed by atoms with Crippen LogP contribution in [-0.4, -0.2) is 20.7 Å². The van der Waals surface area contributed by atoms with E-state index in [9.17, 15) is 4.79 Å². The number of aromatic amines is 1. The lowest BCUT2D eigenvalue weighted by molar-refractivity contribution is 0.806. The third-order valence-corrected chi connectivity index (χ3v) is 4.06. The molecule has 1 heterocycles. The van der Waals surface area contributed by atoms with Gasteiger partial charge >= 0.3 is 0 Å². The Kier molecular flexibility index (Phi) is 5.99. The van der Waals surface area contributed by atoms with E-state index >= 15 is 0 Å². The van der Waals surface area contributed by atoms with Crippen LogP contribution >= 0.6 is 24.0 Å². The zero-order chi connectivity index (χ0) is 14.4. The van der Waals surface area contributed by atoms with E-state index in [1.165, 1.54) is 11.8 Å². The number of hydrogen-bond donors (Lipinski definition) is 2. The van der Waals surface area contributed by atoms with Crippen LogP contribution in [0.3, 0.4) is 0 Å². The third kappa shape index (κ3) is 4.33. The highest BCUT2D eigenvalue weighted by atomic mass is 32.2. The van der Waals surface area contributed by atoms with Crippen LogP contribution < -0.4 is 11.3 Å². The van der Waals surface area contributed by atoms with Gasteiger partial charge in [-0.3, -0.25) is 4.79 Å². The number of H-pyrrole nitrogens is 1. The highest BCUT2D eigenvalue weighted by Gasteiger charge is 2.12. The topological polar surface area (TPSA) is 95.6 Å². The molecule has 0 bridgehead atoms. The maximum atomic E-state index is 11.8. The van der Waals surface area contributed by atoms with Crippen molar-refractivity contribution < 1.29 is 0 Å². The number of hydrogen-bond acceptors (Lipinski definition) is 5. The largest absolute Gasteiger partial charge is 0.393 e. The summed E-state index contributed by atoms with van der Waals surface area (Å²) in [5, 5.41) is 9.47. The fraction of sp³-hybridized carbons (Fsp3) is 0.500. The van der Waals surface area contributed by atoms with Gasteiger partial charge in [-0.25, -0.2) is 4.98 Å². The number of rotatable bonds is 6. The van der Waals surface area contributed by atoms with Gasteiger partial charge in [0.15, 0.2) is 5.16 Å². The molecule has 0 saturated heterocycles. The summed E-state index contributed by atoms with van der Waals surface area (Å²) in [6.07, 6.45) is 1.45. The van der Waals surface area contributed by atoms with E-state index in [1.807, 2.05) is 19.9 Å². The Labute approximate surface area is 121 Å². The van der Waals surface area contributed by atoms with Gasteiger partial charge in [-0.2, -0.15) is 5.26 Å². The van der Waals surface area contributed by atoms with Crippen molar-refractivity contribution in [2.24, 2.45) is 11.7 Å². The van der Waals surface area contributed by atoms with Crippen molar-refractivity contribution in [2.45, 2.75) is 31.8 Å². The second-order valence-electron chi connectivity index (χ2n) is 4.17. The van der Waals surface area contributed by atoms with E-state index in [2.05, 4.69) is 9.97 Å². The van der Waals surface area contributed by atoms with Gasteiger partial charge in [-0.15, -0.1) is 0 Å². The first-order valence-electron chi connectivity index (χ1n) is 5.95. The smallest absolute Gasteiger partial charge is 0.269 e. The second-order valence-corrected chi connectivity index (χ2v) is 5.65. The summed E-state index contributed by atoms with van der Waals surface area (Å²) in [5.74, 6) is 0.714. The molecule has 0 radical (unpaired) electrons. The molecule has 0 aliphatic heterocycles. The lowest BCUT2D eigenvalue weighted by atomic mass is 10.1. The van der Waals surface area contributed by atoms with Crippen molar-refractivity contribution in [3.63, 3.8) is 0 Å². The molecule has 1 aromatic rings. The number of thioether (sulfide) groups is 1. The number of nitriles is 1. The zero-order valence-corrected chi connectivity index (χ0v) is 12.5. The summed E-state index contributed by atoms with van der Waals surface area (Å²) < 4.78 is 0. The molecule has 5 nitrogen and oxygen atoms in total. The van der Waals surface area contributed by atoms with Crippen LogP contribution in [0.15, 0.2) is 9.95 Å². The van der Waals surface area contributed by atoms with Gasteiger partial charge < -0.3 is 10.7 Å². The van der Waals surface area contributed by atoms with Crippen molar-refractivity contribution in [1.29, 1.82) is 5.26 Å². The van der Waals surface area contributed by atoms with Crippen LogP contribution in [0.5, 0.6) is 0 Å². The normalized spacial score (nSPS) is 11.8. The Bertz CT molecular complexity index is 562. The molecule has 1 unspecified atom stereocenters. The molecule has 0 saturated carbocycles. The fourth-order valence-corrected chi connectivity index (χ4v) is 2.50. The average Bonchev–Trinajstić information content (AvgIpc) is 2.36. The third-order valence-electron chi connectivity index (χ3n) is 2.53. The minimum atomic E-state index is -0.383. The molecule has 1 rings (SSSR count). The maximum Gasteiger partial charge on any atom is 0.269 e. The van der Waals surface area contributed by atoms with Crippen LogP contribution in [0.1, 0.15) is 31.5 Å². The fourth-order valence-electron chi connectivity index (χ4n) is 1.38. The molecule has 7 heteroatoms. The van der Waals surface area contributed by atoms with Gasteiger partial charge in [0.1, 0.15) is 11.6 Å². The Morgan fingerprint density at radius 1 is 1.68 bits per heavy atom. The molecule has 0 amide bonds. The predicted octanol–water partition coefficient (Wildman–Crippen LogP) is 1.61. The van der Waals surface area contributed by atoms with E-state index in [4.69, 9.17) is 23.2 Å². The van der Waals surface area contributed by atoms with Crippen molar-refractivity contribution in [3.05, 3.63) is 21.6 Å². The number of aryl methyl sites for hydroxylation is 1. The molecule has 1 atom stereocenters. The van der Waals surface area contributed by atoms with Crippen molar-refractivity contribution in [1.82, 2.24) is 9.97 Å². The summed E-state index contributed by atoms with van der Waals surface area (Å²) in [5.41, 5.74) is 5.81. The predicted molar refractivity (Wildman–Crippen MR) is 80.2 cm³/mol. The summed E-state index contributed by atoms with van der Waals surface area (Å²) >= 11 is 6.28. The first-order chi connectivity index (χ1) is 8.99. The highest BCUT2D eigenvalue weighted by molar-refractivity contribution is 7.99. The number of nitrogens with one attached hydrogen (secondary N) is 1. The van der Waals surface area contributed by atoms with E-state index in [0.29, 0.717) is 28.0 Å².